The highest BCUT2D eigenvalue weighted by Gasteiger charge is 2.22. The quantitative estimate of drug-likeness (QED) is 0.653. The van der Waals surface area contributed by atoms with Crippen LogP contribution in [0, 0.1) is 11.6 Å². The van der Waals surface area contributed by atoms with Crippen LogP contribution in [-0.2, 0) is 11.3 Å². The van der Waals surface area contributed by atoms with E-state index in [0.717, 1.165) is 12.1 Å². The number of imidazole rings is 1. The Balaban J connectivity index is 1.42. The highest BCUT2D eigenvalue weighted by atomic mass is 19.1. The van der Waals surface area contributed by atoms with Crippen LogP contribution in [0.2, 0.25) is 0 Å². The van der Waals surface area contributed by atoms with Gasteiger partial charge in [0.25, 0.3) is 5.91 Å². The van der Waals surface area contributed by atoms with Crippen LogP contribution in [0.3, 0.4) is 0 Å². The van der Waals surface area contributed by atoms with Crippen molar-refractivity contribution in [1.82, 2.24) is 24.8 Å². The van der Waals surface area contributed by atoms with Gasteiger partial charge in [-0.3, -0.25) is 4.79 Å². The first-order chi connectivity index (χ1) is 14.0. The van der Waals surface area contributed by atoms with Crippen molar-refractivity contribution in [3.8, 4) is 0 Å². The number of rotatable bonds is 5. The van der Waals surface area contributed by atoms with Crippen LogP contribution in [0.15, 0.2) is 24.8 Å². The van der Waals surface area contributed by atoms with E-state index in [1.54, 1.807) is 15.8 Å². The maximum Gasteiger partial charge on any atom is 0.251 e. The number of hydrogen-bond donors (Lipinski definition) is 2. The van der Waals surface area contributed by atoms with Crippen molar-refractivity contribution >= 4 is 28.6 Å². The number of nitrogens with two attached hydrogens (primary N) is 1. The number of anilines is 2. The Morgan fingerprint density at radius 3 is 2.62 bits per heavy atom. The van der Waals surface area contributed by atoms with E-state index in [1.165, 1.54) is 6.33 Å². The van der Waals surface area contributed by atoms with Crippen LogP contribution in [-0.4, -0.2) is 58.3 Å². The SMILES string of the molecule is Nc1ncnc2c1ncn2CCNC(=O)c1cc(F)c(N2CCOCC2)c(F)c1. The lowest BCUT2D eigenvalue weighted by molar-refractivity contribution is 0.0951. The van der Waals surface area contributed by atoms with Crippen molar-refractivity contribution in [2.24, 2.45) is 0 Å². The normalized spacial score (nSPS) is 14.3. The molecule has 9 nitrogen and oxygen atoms in total. The van der Waals surface area contributed by atoms with Gasteiger partial charge in [-0.15, -0.1) is 0 Å². The van der Waals surface area contributed by atoms with E-state index < -0.39 is 17.5 Å². The van der Waals surface area contributed by atoms with Crippen LogP contribution in [0.1, 0.15) is 10.4 Å². The summed E-state index contributed by atoms with van der Waals surface area (Å²) in [5.41, 5.74) is 6.54. The monoisotopic (exact) mass is 403 g/mol. The van der Waals surface area contributed by atoms with Crippen molar-refractivity contribution in [3.05, 3.63) is 42.0 Å². The number of halogens is 2. The maximum atomic E-state index is 14.5. The number of aromatic nitrogens is 4. The van der Waals surface area contributed by atoms with E-state index in [4.69, 9.17) is 10.5 Å². The molecule has 3 aromatic rings. The van der Waals surface area contributed by atoms with Gasteiger partial charge in [-0.05, 0) is 12.1 Å². The second-order valence-electron chi connectivity index (χ2n) is 6.51. The molecule has 0 atom stereocenters. The first-order valence-electron chi connectivity index (χ1n) is 9.06. The third-order valence-electron chi connectivity index (χ3n) is 4.67. The number of carbonyl (C=O) groups is 1. The van der Waals surface area contributed by atoms with Crippen LogP contribution in [0.25, 0.3) is 11.2 Å². The topological polar surface area (TPSA) is 111 Å². The van der Waals surface area contributed by atoms with E-state index in [0.29, 0.717) is 44.0 Å². The van der Waals surface area contributed by atoms with Crippen molar-refractivity contribution in [1.29, 1.82) is 0 Å². The zero-order valence-electron chi connectivity index (χ0n) is 15.4. The number of nitrogen functional groups attached to an aromatic ring is 1. The molecular formula is C18H19F2N7O2. The third kappa shape index (κ3) is 3.81. The van der Waals surface area contributed by atoms with Crippen molar-refractivity contribution in [2.75, 3.05) is 43.5 Å². The number of nitrogens with one attached hydrogen (secondary N) is 1. The number of ether oxygens (including phenoxy) is 1. The molecule has 1 saturated heterocycles. The second kappa shape index (κ2) is 7.95. The summed E-state index contributed by atoms with van der Waals surface area (Å²) in [7, 11) is 0. The molecule has 1 aliphatic rings. The lowest BCUT2D eigenvalue weighted by atomic mass is 10.1. The maximum absolute atomic E-state index is 14.5. The number of morpholine rings is 1. The standard InChI is InChI=1S/C18H19F2N7O2/c19-12-7-11(8-13(20)15(12)26-3-5-29-6-4-26)18(28)22-1-2-27-10-25-14-16(21)23-9-24-17(14)27/h7-10H,1-6H2,(H,22,28)(H2,21,23,24). The summed E-state index contributed by atoms with van der Waals surface area (Å²) >= 11 is 0. The van der Waals surface area contributed by atoms with Gasteiger partial charge in [0.1, 0.15) is 29.2 Å². The van der Waals surface area contributed by atoms with Gasteiger partial charge < -0.3 is 25.3 Å². The fourth-order valence-electron chi connectivity index (χ4n) is 3.24. The Bertz CT molecular complexity index is 1030. The van der Waals surface area contributed by atoms with Gasteiger partial charge >= 0.3 is 0 Å². The molecule has 1 amide bonds. The van der Waals surface area contributed by atoms with Gasteiger partial charge in [0, 0.05) is 31.7 Å². The molecule has 3 heterocycles. The first kappa shape index (κ1) is 19.0. The highest BCUT2D eigenvalue weighted by molar-refractivity contribution is 5.94. The van der Waals surface area contributed by atoms with Crippen molar-refractivity contribution < 1.29 is 18.3 Å². The van der Waals surface area contributed by atoms with Gasteiger partial charge in [0.2, 0.25) is 0 Å². The molecular weight excluding hydrogens is 384 g/mol. The minimum absolute atomic E-state index is 0.0842. The summed E-state index contributed by atoms with van der Waals surface area (Å²) in [5.74, 6) is -1.85. The van der Waals surface area contributed by atoms with Crippen LogP contribution >= 0.6 is 0 Å². The minimum atomic E-state index is -0.773. The Morgan fingerprint density at radius 2 is 1.90 bits per heavy atom. The van der Waals surface area contributed by atoms with Gasteiger partial charge in [-0.1, -0.05) is 0 Å². The zero-order valence-corrected chi connectivity index (χ0v) is 15.4. The average molecular weight is 403 g/mol. The highest BCUT2D eigenvalue weighted by Crippen LogP contribution is 2.26. The molecule has 0 aliphatic carbocycles. The Labute approximate surface area is 164 Å². The predicted octanol–water partition coefficient (Wildman–Crippen LogP) is 0.953. The third-order valence-corrected chi connectivity index (χ3v) is 4.67. The molecule has 0 unspecified atom stereocenters. The lowest BCUT2D eigenvalue weighted by Crippen LogP contribution is -2.37. The number of nitrogens with zero attached hydrogens (tertiary/aromatic N) is 5. The molecule has 1 aromatic carbocycles. The first-order valence-corrected chi connectivity index (χ1v) is 9.06. The Kier molecular flexibility index (Phi) is 5.21. The van der Waals surface area contributed by atoms with Crippen molar-refractivity contribution in [2.45, 2.75) is 6.54 Å². The molecule has 0 spiro atoms. The molecule has 0 radical (unpaired) electrons. The zero-order chi connectivity index (χ0) is 20.4. The minimum Gasteiger partial charge on any atom is -0.382 e. The van der Waals surface area contributed by atoms with E-state index in [-0.39, 0.29) is 23.6 Å². The molecule has 1 aliphatic heterocycles. The molecule has 2 aromatic heterocycles. The summed E-state index contributed by atoms with van der Waals surface area (Å²) in [6.07, 6.45) is 2.87. The average Bonchev–Trinajstić information content (AvgIpc) is 3.13. The van der Waals surface area contributed by atoms with Gasteiger partial charge in [0.15, 0.2) is 11.5 Å². The number of amides is 1. The number of hydrogen-bond acceptors (Lipinski definition) is 7. The molecule has 3 N–H and O–H groups in total. The van der Waals surface area contributed by atoms with Gasteiger partial charge in [-0.25, -0.2) is 23.7 Å². The number of fused-ring (bicyclic) bond motifs is 1. The van der Waals surface area contributed by atoms with Crippen molar-refractivity contribution in [3.63, 3.8) is 0 Å². The number of benzene rings is 1. The van der Waals surface area contributed by atoms with E-state index in [9.17, 15) is 13.6 Å². The molecule has 11 heteroatoms. The molecule has 152 valence electrons. The molecule has 1 fully saturated rings. The van der Waals surface area contributed by atoms with Gasteiger partial charge in [-0.2, -0.15) is 0 Å². The van der Waals surface area contributed by atoms with Crippen LogP contribution < -0.4 is 16.0 Å². The smallest absolute Gasteiger partial charge is 0.251 e. The number of carbonyl (C=O) groups excluding carboxylic acids is 1. The molecule has 0 saturated carbocycles. The summed E-state index contributed by atoms with van der Waals surface area (Å²) in [4.78, 5) is 26.0. The summed E-state index contributed by atoms with van der Waals surface area (Å²) in [6, 6.07) is 2.09. The van der Waals surface area contributed by atoms with Gasteiger partial charge in [0.05, 0.1) is 19.5 Å². The molecule has 4 rings (SSSR count). The summed E-state index contributed by atoms with van der Waals surface area (Å²) in [6.45, 7) is 2.16. The molecule has 29 heavy (non-hydrogen) atoms. The summed E-state index contributed by atoms with van der Waals surface area (Å²) in [5, 5.41) is 2.64. The predicted molar refractivity (Wildman–Crippen MR) is 101 cm³/mol. The van der Waals surface area contributed by atoms with E-state index in [1.807, 2.05) is 0 Å². The van der Waals surface area contributed by atoms with E-state index in [2.05, 4.69) is 20.3 Å². The Morgan fingerprint density at radius 1 is 1.17 bits per heavy atom. The van der Waals surface area contributed by atoms with E-state index >= 15 is 0 Å². The molecule has 0 bridgehead atoms. The summed E-state index contributed by atoms with van der Waals surface area (Å²) < 4.78 is 35.8. The van der Waals surface area contributed by atoms with Crippen LogP contribution in [0.4, 0.5) is 20.3 Å². The van der Waals surface area contributed by atoms with Crippen LogP contribution in [0.5, 0.6) is 0 Å². The Hall–Kier alpha value is -3.34. The largest absolute Gasteiger partial charge is 0.382 e. The fraction of sp³-hybridized carbons (Fsp3) is 0.333. The lowest BCUT2D eigenvalue weighted by Gasteiger charge is -2.29. The second-order valence-corrected chi connectivity index (χ2v) is 6.51. The fourth-order valence-corrected chi connectivity index (χ4v) is 3.24.